The highest BCUT2D eigenvalue weighted by molar-refractivity contribution is 14.1. The summed E-state index contributed by atoms with van der Waals surface area (Å²) in [5.74, 6) is 0. The van der Waals surface area contributed by atoms with E-state index in [1.165, 1.54) is 27.3 Å². The molecule has 1 aromatic rings. The molecule has 130 valence electrons. The van der Waals surface area contributed by atoms with E-state index in [2.05, 4.69) is 86.6 Å². The van der Waals surface area contributed by atoms with Crippen molar-refractivity contribution in [2.45, 2.75) is 72.2 Å². The number of rotatable bonds is 9. The summed E-state index contributed by atoms with van der Waals surface area (Å²) in [4.78, 5) is 4.57. The molecule has 0 radical (unpaired) electrons. The first-order valence-corrected chi connectivity index (χ1v) is 12.9. The molecule has 0 spiro atoms. The van der Waals surface area contributed by atoms with Gasteiger partial charge < -0.3 is 4.43 Å². The Balaban J connectivity index is 3.03. The van der Waals surface area contributed by atoms with E-state index in [1.54, 1.807) is 11.3 Å². The van der Waals surface area contributed by atoms with Gasteiger partial charge in [0, 0.05) is 5.38 Å². The minimum absolute atomic E-state index is 0.174. The first kappa shape index (κ1) is 21.1. The van der Waals surface area contributed by atoms with Crippen LogP contribution < -0.4 is 0 Å². The summed E-state index contributed by atoms with van der Waals surface area (Å²) < 4.78 is 8.10. The van der Waals surface area contributed by atoms with Crippen LogP contribution in [0, 0.1) is 6.92 Å². The zero-order valence-electron chi connectivity index (χ0n) is 15.3. The van der Waals surface area contributed by atoms with Gasteiger partial charge in [0.2, 0.25) is 0 Å². The van der Waals surface area contributed by atoms with E-state index in [0.717, 1.165) is 17.1 Å². The van der Waals surface area contributed by atoms with Crippen LogP contribution in [0.1, 0.15) is 51.7 Å². The molecule has 0 aliphatic heterocycles. The van der Waals surface area contributed by atoms with E-state index in [9.17, 15) is 0 Å². The van der Waals surface area contributed by atoms with E-state index in [1.807, 2.05) is 0 Å². The summed E-state index contributed by atoms with van der Waals surface area (Å²) in [5.41, 5.74) is 2.35. The van der Waals surface area contributed by atoms with Crippen LogP contribution in [0.2, 0.25) is 18.1 Å². The average Bonchev–Trinajstić information content (AvgIpc) is 2.93. The summed E-state index contributed by atoms with van der Waals surface area (Å²) in [6.45, 7) is 13.3. The Morgan fingerprint density at radius 3 is 2.35 bits per heavy atom. The standard InChI is InChI=1S/C18H30INOSSi/c1-7-23(8-2,9-3)21-18(11-10-15(5)19)14(4)12-17-13-22-16(6)20-17/h10,12-13,18H,7-9,11H2,1-6H3/b14-12+,15-10-/t18-/m0/s1. The number of nitrogens with zero attached hydrogens (tertiary/aromatic N) is 1. The summed E-state index contributed by atoms with van der Waals surface area (Å²) in [6, 6.07) is 3.56. The van der Waals surface area contributed by atoms with Gasteiger partial charge in [0.1, 0.15) is 0 Å². The Bertz CT molecular complexity index is 537. The lowest BCUT2D eigenvalue weighted by molar-refractivity contribution is 0.225. The van der Waals surface area contributed by atoms with E-state index < -0.39 is 8.32 Å². The van der Waals surface area contributed by atoms with Crippen molar-refractivity contribution >= 4 is 48.3 Å². The number of halogens is 1. The third-order valence-electron chi connectivity index (χ3n) is 4.46. The maximum absolute atomic E-state index is 6.78. The van der Waals surface area contributed by atoms with Crippen LogP contribution in [-0.2, 0) is 4.43 Å². The van der Waals surface area contributed by atoms with Crippen molar-refractivity contribution in [3.8, 4) is 0 Å². The number of hydrogen-bond acceptors (Lipinski definition) is 3. The van der Waals surface area contributed by atoms with Crippen molar-refractivity contribution < 1.29 is 4.43 Å². The molecule has 0 amide bonds. The predicted octanol–water partition coefficient (Wildman–Crippen LogP) is 6.97. The second-order valence-electron chi connectivity index (χ2n) is 6.06. The second-order valence-corrected chi connectivity index (χ2v) is 13.5. The van der Waals surface area contributed by atoms with E-state index in [0.29, 0.717) is 0 Å². The lowest BCUT2D eigenvalue weighted by Crippen LogP contribution is -2.40. The molecular formula is C18H30INOSSi. The molecule has 0 fully saturated rings. The van der Waals surface area contributed by atoms with E-state index in [4.69, 9.17) is 4.43 Å². The van der Waals surface area contributed by atoms with Crippen LogP contribution in [-0.4, -0.2) is 19.4 Å². The van der Waals surface area contributed by atoms with Crippen LogP contribution in [0.3, 0.4) is 0 Å². The second kappa shape index (κ2) is 10.1. The van der Waals surface area contributed by atoms with E-state index in [-0.39, 0.29) is 6.10 Å². The molecule has 1 aromatic heterocycles. The lowest BCUT2D eigenvalue weighted by atomic mass is 10.1. The van der Waals surface area contributed by atoms with Gasteiger partial charge in [-0.2, -0.15) is 0 Å². The third kappa shape index (κ3) is 6.80. The molecule has 0 aliphatic carbocycles. The first-order valence-electron chi connectivity index (χ1n) is 8.46. The zero-order valence-corrected chi connectivity index (χ0v) is 19.3. The predicted molar refractivity (Wildman–Crippen MR) is 115 cm³/mol. The van der Waals surface area contributed by atoms with Crippen LogP contribution >= 0.6 is 33.9 Å². The highest BCUT2D eigenvalue weighted by Gasteiger charge is 2.32. The first-order chi connectivity index (χ1) is 10.9. The smallest absolute Gasteiger partial charge is 0.192 e. The zero-order chi connectivity index (χ0) is 17.5. The molecule has 0 saturated carbocycles. The van der Waals surface area contributed by atoms with Crippen molar-refractivity contribution in [1.82, 2.24) is 4.98 Å². The molecule has 2 nitrogen and oxygen atoms in total. The van der Waals surface area contributed by atoms with Crippen LogP contribution in [0.4, 0.5) is 0 Å². The van der Waals surface area contributed by atoms with E-state index >= 15 is 0 Å². The molecule has 1 heterocycles. The Hall–Kier alpha value is 0.0169. The van der Waals surface area contributed by atoms with Gasteiger partial charge in [-0.1, -0.05) is 26.8 Å². The molecule has 0 N–H and O–H groups in total. The van der Waals surface area contributed by atoms with Gasteiger partial charge in [0.15, 0.2) is 8.32 Å². The van der Waals surface area contributed by atoms with Gasteiger partial charge in [0.25, 0.3) is 0 Å². The number of aromatic nitrogens is 1. The maximum Gasteiger partial charge on any atom is 0.192 e. The molecule has 1 rings (SSSR count). The number of allylic oxidation sites excluding steroid dienone is 1. The van der Waals surface area contributed by atoms with Crippen molar-refractivity contribution in [3.05, 3.63) is 31.3 Å². The van der Waals surface area contributed by atoms with Crippen LogP contribution in [0.5, 0.6) is 0 Å². The van der Waals surface area contributed by atoms with Crippen molar-refractivity contribution in [2.75, 3.05) is 0 Å². The van der Waals surface area contributed by atoms with Gasteiger partial charge >= 0.3 is 0 Å². The van der Waals surface area contributed by atoms with Crippen molar-refractivity contribution in [2.24, 2.45) is 0 Å². The summed E-state index contributed by atoms with van der Waals surface area (Å²) in [6.07, 6.45) is 5.61. The number of aryl methyl sites for hydroxylation is 1. The van der Waals surface area contributed by atoms with Crippen molar-refractivity contribution in [3.63, 3.8) is 0 Å². The molecule has 1 atom stereocenters. The summed E-state index contributed by atoms with van der Waals surface area (Å²) in [7, 11) is -1.62. The molecule has 23 heavy (non-hydrogen) atoms. The topological polar surface area (TPSA) is 22.1 Å². The molecule has 0 bridgehead atoms. The molecule has 0 saturated heterocycles. The van der Waals surface area contributed by atoms with Gasteiger partial charge in [-0.05, 0) is 83.1 Å². The highest BCUT2D eigenvalue weighted by atomic mass is 127. The van der Waals surface area contributed by atoms with Crippen molar-refractivity contribution in [1.29, 1.82) is 0 Å². The molecule has 0 unspecified atom stereocenters. The molecular weight excluding hydrogens is 433 g/mol. The highest BCUT2D eigenvalue weighted by Crippen LogP contribution is 2.28. The minimum atomic E-state index is -1.62. The molecule has 0 aliphatic rings. The molecule has 5 heteroatoms. The molecule has 0 aromatic carbocycles. The summed E-state index contributed by atoms with van der Waals surface area (Å²) in [5, 5.41) is 3.24. The number of thiazole rings is 1. The fourth-order valence-corrected chi connectivity index (χ4v) is 6.38. The largest absolute Gasteiger partial charge is 0.410 e. The summed E-state index contributed by atoms with van der Waals surface area (Å²) >= 11 is 4.08. The fourth-order valence-electron chi connectivity index (χ4n) is 2.67. The Morgan fingerprint density at radius 2 is 1.91 bits per heavy atom. The van der Waals surface area contributed by atoms with Crippen LogP contribution in [0.15, 0.2) is 20.6 Å². The van der Waals surface area contributed by atoms with Gasteiger partial charge in [-0.3, -0.25) is 0 Å². The maximum atomic E-state index is 6.78. The quantitative estimate of drug-likeness (QED) is 0.291. The fraction of sp³-hybridized carbons (Fsp3) is 0.611. The SMILES string of the molecule is CC[Si](CC)(CC)O[C@@H](C/C=C(/C)I)/C(C)=C/c1csc(C)n1. The number of hydrogen-bond donors (Lipinski definition) is 0. The Labute approximate surface area is 160 Å². The van der Waals surface area contributed by atoms with Gasteiger partial charge in [-0.15, -0.1) is 11.3 Å². The monoisotopic (exact) mass is 463 g/mol. The van der Waals surface area contributed by atoms with Gasteiger partial charge in [0.05, 0.1) is 16.8 Å². The van der Waals surface area contributed by atoms with Gasteiger partial charge in [-0.25, -0.2) is 4.98 Å². The Morgan fingerprint density at radius 1 is 1.30 bits per heavy atom. The average molecular weight is 464 g/mol. The lowest BCUT2D eigenvalue weighted by Gasteiger charge is -2.33. The van der Waals surface area contributed by atoms with Crippen LogP contribution in [0.25, 0.3) is 6.08 Å². The third-order valence-corrected chi connectivity index (χ3v) is 10.3. The minimum Gasteiger partial charge on any atom is -0.410 e. The normalized spacial score (nSPS) is 15.1. The Kier molecular flexibility index (Phi) is 9.26.